The van der Waals surface area contributed by atoms with Crippen LogP contribution in [0.2, 0.25) is 0 Å². The number of unbranched alkanes of at least 4 members (excludes halogenated alkanes) is 6. The fraction of sp³-hybridized carbons (Fsp3) is 0.500. The average molecular weight is 349 g/mol. The first-order valence-electron chi connectivity index (χ1n) is 7.18. The van der Waals surface area contributed by atoms with Gasteiger partial charge in [0.2, 0.25) is 0 Å². The highest BCUT2D eigenvalue weighted by Crippen LogP contribution is 2.04. The Morgan fingerprint density at radius 2 is 1.48 bits per heavy atom. The lowest BCUT2D eigenvalue weighted by atomic mass is 10.1. The van der Waals surface area contributed by atoms with E-state index in [4.69, 9.17) is 5.11 Å². The molecule has 0 spiro atoms. The molecule has 0 rings (SSSR count). The molecule has 1 N–H and O–H groups in total. The monoisotopic (exact) mass is 348 g/mol. The second-order valence-corrected chi connectivity index (χ2v) is 4.91. The van der Waals surface area contributed by atoms with E-state index in [2.05, 4.69) is 51.5 Å². The van der Waals surface area contributed by atoms with Gasteiger partial charge in [-0.25, -0.2) is 0 Å². The molecule has 0 aromatic heterocycles. The Hall–Kier alpha value is -1.63. The molecule has 0 saturated heterocycles. The Kier molecular flexibility index (Phi) is 15.1. The quantitative estimate of drug-likeness (QED) is 0.517. The number of rotatable bonds is 8. The molecule has 0 bridgehead atoms. The zero-order valence-electron chi connectivity index (χ0n) is 12.3. The van der Waals surface area contributed by atoms with Gasteiger partial charge in [-0.3, -0.25) is 4.79 Å². The van der Waals surface area contributed by atoms with E-state index in [9.17, 15) is 4.79 Å². The van der Waals surface area contributed by atoms with E-state index in [0.717, 1.165) is 25.7 Å². The number of allylic oxidation sites excluding steroid dienone is 1. The summed E-state index contributed by atoms with van der Waals surface area (Å²) in [6.45, 7) is 0. The predicted octanol–water partition coefficient (Wildman–Crippen LogP) is 4.50. The highest BCUT2D eigenvalue weighted by molar-refractivity contribution is 9.11. The van der Waals surface area contributed by atoms with Crippen molar-refractivity contribution in [2.24, 2.45) is 0 Å². The van der Waals surface area contributed by atoms with Crippen molar-refractivity contribution in [3.63, 3.8) is 0 Å². The molecule has 2 nitrogen and oxygen atoms in total. The standard InChI is InChI=1S/C18H21BrO2/c19-17-15-13-11-9-7-5-3-1-2-4-6-8-10-12-14-16-18(20)21/h15,17H,1-3,5,7,9,12,14,16H2,(H,20,21)/b17-15+. The number of carbonyl (C=O) groups is 1. The summed E-state index contributed by atoms with van der Waals surface area (Å²) in [5, 5.41) is 8.44. The fourth-order valence-electron chi connectivity index (χ4n) is 1.48. The lowest BCUT2D eigenvalue weighted by molar-refractivity contribution is -0.137. The molecule has 0 amide bonds. The zero-order valence-corrected chi connectivity index (χ0v) is 13.8. The third-order valence-corrected chi connectivity index (χ3v) is 2.80. The highest BCUT2D eigenvalue weighted by Gasteiger charge is 1.92. The van der Waals surface area contributed by atoms with Crippen molar-refractivity contribution in [3.05, 3.63) is 11.1 Å². The molecule has 21 heavy (non-hydrogen) atoms. The van der Waals surface area contributed by atoms with Gasteiger partial charge in [0.15, 0.2) is 0 Å². The maximum Gasteiger partial charge on any atom is 0.303 e. The first kappa shape index (κ1) is 19.4. The van der Waals surface area contributed by atoms with Crippen LogP contribution in [0.15, 0.2) is 11.1 Å². The second kappa shape index (κ2) is 16.4. The molecule has 0 aliphatic heterocycles. The van der Waals surface area contributed by atoms with Crippen LogP contribution in [-0.4, -0.2) is 11.1 Å². The van der Waals surface area contributed by atoms with Crippen molar-refractivity contribution < 1.29 is 9.90 Å². The lowest BCUT2D eigenvalue weighted by Gasteiger charge is -1.94. The van der Waals surface area contributed by atoms with Crippen LogP contribution in [0, 0.1) is 35.5 Å². The third kappa shape index (κ3) is 18.4. The van der Waals surface area contributed by atoms with Gasteiger partial charge in [0, 0.05) is 25.7 Å². The van der Waals surface area contributed by atoms with Crippen molar-refractivity contribution >= 4 is 21.9 Å². The van der Waals surface area contributed by atoms with Crippen LogP contribution in [0.5, 0.6) is 0 Å². The van der Waals surface area contributed by atoms with Gasteiger partial charge >= 0.3 is 5.97 Å². The molecule has 0 aromatic rings. The third-order valence-electron chi connectivity index (χ3n) is 2.53. The highest BCUT2D eigenvalue weighted by atomic mass is 79.9. The maximum atomic E-state index is 10.3. The Bertz CT molecular complexity index is 487. The van der Waals surface area contributed by atoms with Gasteiger partial charge in [0.05, 0.1) is 0 Å². The van der Waals surface area contributed by atoms with Crippen molar-refractivity contribution in [3.8, 4) is 35.5 Å². The predicted molar refractivity (Wildman–Crippen MR) is 90.6 cm³/mol. The molecular formula is C18H21BrO2. The SMILES string of the molecule is O=C(O)CCCC#CC#CCCCCCCC#C/C=C/Br. The van der Waals surface area contributed by atoms with Crippen LogP contribution in [0.4, 0.5) is 0 Å². The molecule has 0 aromatic carbocycles. The molecule has 0 fully saturated rings. The second-order valence-electron chi connectivity index (χ2n) is 4.38. The summed E-state index contributed by atoms with van der Waals surface area (Å²) in [5.41, 5.74) is 0. The largest absolute Gasteiger partial charge is 0.481 e. The van der Waals surface area contributed by atoms with Gasteiger partial charge in [-0.15, -0.1) is 0 Å². The van der Waals surface area contributed by atoms with E-state index in [0.29, 0.717) is 12.8 Å². The van der Waals surface area contributed by atoms with Crippen LogP contribution in [0.25, 0.3) is 0 Å². The summed E-state index contributed by atoms with van der Waals surface area (Å²) in [7, 11) is 0. The van der Waals surface area contributed by atoms with Crippen LogP contribution in [0.1, 0.15) is 57.8 Å². The average Bonchev–Trinajstić information content (AvgIpc) is 2.46. The lowest BCUT2D eigenvalue weighted by Crippen LogP contribution is -1.92. The van der Waals surface area contributed by atoms with Crippen LogP contribution >= 0.6 is 15.9 Å². The fourth-order valence-corrected chi connectivity index (χ4v) is 1.62. The number of hydrogen-bond donors (Lipinski definition) is 1. The van der Waals surface area contributed by atoms with E-state index in [1.165, 1.54) is 12.8 Å². The summed E-state index contributed by atoms with van der Waals surface area (Å²) >= 11 is 3.17. The smallest absolute Gasteiger partial charge is 0.303 e. The van der Waals surface area contributed by atoms with Crippen molar-refractivity contribution in [2.75, 3.05) is 0 Å². The van der Waals surface area contributed by atoms with Gasteiger partial charge < -0.3 is 5.11 Å². The van der Waals surface area contributed by atoms with Gasteiger partial charge in [0.25, 0.3) is 0 Å². The first-order chi connectivity index (χ1) is 10.3. The Morgan fingerprint density at radius 1 is 0.905 bits per heavy atom. The van der Waals surface area contributed by atoms with Gasteiger partial charge in [-0.2, -0.15) is 0 Å². The molecule has 3 heteroatoms. The minimum absolute atomic E-state index is 0.179. The Labute approximate surface area is 136 Å². The molecule has 0 saturated carbocycles. The van der Waals surface area contributed by atoms with E-state index in [-0.39, 0.29) is 6.42 Å². The molecule has 0 unspecified atom stereocenters. The summed E-state index contributed by atoms with van der Waals surface area (Å²) < 4.78 is 0. The van der Waals surface area contributed by atoms with Crippen LogP contribution < -0.4 is 0 Å². The molecule has 0 atom stereocenters. The molecule has 0 aliphatic rings. The number of carboxylic acids is 1. The molecule has 0 heterocycles. The number of aliphatic carboxylic acids is 1. The van der Waals surface area contributed by atoms with E-state index >= 15 is 0 Å². The van der Waals surface area contributed by atoms with Gasteiger partial charge in [-0.05, 0) is 42.2 Å². The van der Waals surface area contributed by atoms with Crippen molar-refractivity contribution in [1.29, 1.82) is 0 Å². The van der Waals surface area contributed by atoms with Gasteiger partial charge in [0.1, 0.15) is 0 Å². The topological polar surface area (TPSA) is 37.3 Å². The normalized spacial score (nSPS) is 9.00. The van der Waals surface area contributed by atoms with E-state index in [1.54, 1.807) is 11.1 Å². The summed E-state index contributed by atoms with van der Waals surface area (Å²) in [6.07, 6.45) is 9.60. The van der Waals surface area contributed by atoms with Crippen molar-refractivity contribution in [1.82, 2.24) is 0 Å². The molecule has 0 aliphatic carbocycles. The minimum Gasteiger partial charge on any atom is -0.481 e. The van der Waals surface area contributed by atoms with Gasteiger partial charge in [-0.1, -0.05) is 52.5 Å². The Morgan fingerprint density at radius 3 is 2.05 bits per heavy atom. The van der Waals surface area contributed by atoms with Crippen LogP contribution in [-0.2, 0) is 4.79 Å². The molecule has 0 radical (unpaired) electrons. The summed E-state index contributed by atoms with van der Waals surface area (Å²) in [5.74, 6) is 16.7. The van der Waals surface area contributed by atoms with Crippen molar-refractivity contribution in [2.45, 2.75) is 57.8 Å². The maximum absolute atomic E-state index is 10.3. The number of carboxylic acid groups (broad SMARTS) is 1. The van der Waals surface area contributed by atoms with Crippen LogP contribution in [0.3, 0.4) is 0 Å². The summed E-state index contributed by atoms with van der Waals surface area (Å²) in [6, 6.07) is 0. The Balaban J connectivity index is 3.40. The zero-order chi connectivity index (χ0) is 15.6. The molecular weight excluding hydrogens is 328 g/mol. The summed E-state index contributed by atoms with van der Waals surface area (Å²) in [4.78, 5) is 12.0. The number of hydrogen-bond acceptors (Lipinski definition) is 1. The van der Waals surface area contributed by atoms with E-state index < -0.39 is 5.97 Å². The minimum atomic E-state index is -0.770. The first-order valence-corrected chi connectivity index (χ1v) is 8.10. The number of halogens is 1. The van der Waals surface area contributed by atoms with E-state index in [1.807, 2.05) is 0 Å². The molecule has 112 valence electrons.